The number of hydrogen-bond donors (Lipinski definition) is 0. The van der Waals surface area contributed by atoms with E-state index < -0.39 is 0 Å². The number of carbonyl (C=O) groups excluding carboxylic acids is 2. The molecule has 142 valence electrons. The van der Waals surface area contributed by atoms with Crippen molar-refractivity contribution in [3.63, 3.8) is 0 Å². The summed E-state index contributed by atoms with van der Waals surface area (Å²) in [5.74, 6) is 0.494. The number of nitrogens with zero attached hydrogens (tertiary/aromatic N) is 5. The van der Waals surface area contributed by atoms with Crippen LogP contribution >= 0.6 is 0 Å². The summed E-state index contributed by atoms with van der Waals surface area (Å²) in [7, 11) is 2.13. The van der Waals surface area contributed by atoms with Crippen molar-refractivity contribution in [2.45, 2.75) is 44.7 Å². The van der Waals surface area contributed by atoms with E-state index in [1.54, 1.807) is 12.5 Å². The second-order valence-electron chi connectivity index (χ2n) is 8.34. The molecular formula is C19H29N5O2. The van der Waals surface area contributed by atoms with Crippen LogP contribution in [0.15, 0.2) is 18.7 Å². The van der Waals surface area contributed by atoms with Gasteiger partial charge in [-0.1, -0.05) is 0 Å². The van der Waals surface area contributed by atoms with Gasteiger partial charge >= 0.3 is 0 Å². The lowest BCUT2D eigenvalue weighted by molar-refractivity contribution is -0.145. The molecule has 4 rings (SSSR count). The Morgan fingerprint density at radius 2 is 2.08 bits per heavy atom. The predicted octanol–water partition coefficient (Wildman–Crippen LogP) is 0.818. The minimum absolute atomic E-state index is 0.166. The van der Waals surface area contributed by atoms with Crippen LogP contribution in [0.1, 0.15) is 32.1 Å². The van der Waals surface area contributed by atoms with Crippen LogP contribution < -0.4 is 0 Å². The van der Waals surface area contributed by atoms with Gasteiger partial charge in [-0.2, -0.15) is 0 Å². The standard InChI is InChI=1S/C19H29N5O2/c1-21-8-3-16(12-21)24-14-19(4-2-17(24)25)5-9-23(10-6-19)18(26)13-22-11-7-20-15-22/h7,11,15-16H,2-6,8-10,12-14H2,1H3/t16-/m0/s1. The largest absolute Gasteiger partial charge is 0.341 e. The minimum Gasteiger partial charge on any atom is -0.341 e. The summed E-state index contributed by atoms with van der Waals surface area (Å²) < 4.78 is 1.82. The maximum Gasteiger partial charge on any atom is 0.242 e. The zero-order chi connectivity index (χ0) is 18.1. The molecule has 4 heterocycles. The molecule has 1 spiro atoms. The Balaban J connectivity index is 1.35. The Labute approximate surface area is 154 Å². The summed E-state index contributed by atoms with van der Waals surface area (Å²) in [4.78, 5) is 35.5. The highest BCUT2D eigenvalue weighted by molar-refractivity contribution is 5.78. The van der Waals surface area contributed by atoms with E-state index in [2.05, 4.69) is 21.8 Å². The highest BCUT2D eigenvalue weighted by Crippen LogP contribution is 2.41. The van der Waals surface area contributed by atoms with E-state index in [0.29, 0.717) is 24.9 Å². The van der Waals surface area contributed by atoms with Gasteiger partial charge in [-0.3, -0.25) is 9.59 Å². The molecule has 7 heteroatoms. The van der Waals surface area contributed by atoms with E-state index in [1.165, 1.54) is 0 Å². The molecule has 7 nitrogen and oxygen atoms in total. The zero-order valence-electron chi connectivity index (χ0n) is 15.6. The lowest BCUT2D eigenvalue weighted by Crippen LogP contribution is -2.55. The van der Waals surface area contributed by atoms with Gasteiger partial charge < -0.3 is 19.3 Å². The predicted molar refractivity (Wildman–Crippen MR) is 97.3 cm³/mol. The van der Waals surface area contributed by atoms with Gasteiger partial charge in [0.25, 0.3) is 0 Å². The fourth-order valence-electron chi connectivity index (χ4n) is 4.82. The Morgan fingerprint density at radius 1 is 1.27 bits per heavy atom. The lowest BCUT2D eigenvalue weighted by Gasteiger charge is -2.49. The minimum atomic E-state index is 0.166. The maximum atomic E-state index is 12.5. The number of likely N-dealkylation sites (N-methyl/N-ethyl adjacent to an activating group) is 1. The summed E-state index contributed by atoms with van der Waals surface area (Å²) in [6, 6.07) is 0.380. The van der Waals surface area contributed by atoms with Crippen LogP contribution in [-0.4, -0.2) is 81.9 Å². The third kappa shape index (κ3) is 3.49. The quantitative estimate of drug-likeness (QED) is 0.802. The van der Waals surface area contributed by atoms with Gasteiger partial charge in [0.05, 0.1) is 6.33 Å². The average Bonchev–Trinajstić information content (AvgIpc) is 3.30. The Hall–Kier alpha value is -1.89. The molecule has 3 fully saturated rings. The molecule has 0 aromatic carbocycles. The zero-order valence-corrected chi connectivity index (χ0v) is 15.6. The molecule has 3 aliphatic rings. The smallest absolute Gasteiger partial charge is 0.242 e. The van der Waals surface area contributed by atoms with Gasteiger partial charge in [-0.25, -0.2) is 4.98 Å². The first-order valence-electron chi connectivity index (χ1n) is 9.76. The fraction of sp³-hybridized carbons (Fsp3) is 0.737. The fourth-order valence-corrected chi connectivity index (χ4v) is 4.82. The molecule has 3 aliphatic heterocycles. The maximum absolute atomic E-state index is 12.5. The van der Waals surface area contributed by atoms with Gasteiger partial charge in [-0.05, 0) is 44.7 Å². The molecular weight excluding hydrogens is 330 g/mol. The van der Waals surface area contributed by atoms with E-state index in [4.69, 9.17) is 0 Å². The molecule has 26 heavy (non-hydrogen) atoms. The summed E-state index contributed by atoms with van der Waals surface area (Å²) in [5.41, 5.74) is 0.209. The molecule has 1 aromatic rings. The van der Waals surface area contributed by atoms with Gasteiger partial charge in [0.2, 0.25) is 11.8 Å². The topological polar surface area (TPSA) is 61.7 Å². The number of likely N-dealkylation sites (tertiary alicyclic amines) is 3. The second kappa shape index (κ2) is 7.02. The molecule has 0 unspecified atom stereocenters. The molecule has 0 saturated carbocycles. The van der Waals surface area contributed by atoms with Gasteiger partial charge in [0, 0.05) is 51.0 Å². The van der Waals surface area contributed by atoms with Crippen LogP contribution in [0.5, 0.6) is 0 Å². The molecule has 0 bridgehead atoms. The first-order chi connectivity index (χ1) is 12.5. The number of amides is 2. The van der Waals surface area contributed by atoms with Gasteiger partial charge in [0.1, 0.15) is 6.54 Å². The normalized spacial score (nSPS) is 26.7. The van der Waals surface area contributed by atoms with Crippen molar-refractivity contribution < 1.29 is 9.59 Å². The van der Waals surface area contributed by atoms with Crippen molar-refractivity contribution in [2.75, 3.05) is 39.8 Å². The summed E-state index contributed by atoms with van der Waals surface area (Å²) in [6.07, 6.45) is 9.97. The Kier molecular flexibility index (Phi) is 4.73. The van der Waals surface area contributed by atoms with Crippen molar-refractivity contribution in [3.05, 3.63) is 18.7 Å². The Bertz CT molecular complexity index is 651. The number of carbonyl (C=O) groups is 2. The van der Waals surface area contributed by atoms with Crippen LogP contribution in [0.25, 0.3) is 0 Å². The van der Waals surface area contributed by atoms with E-state index in [1.807, 2.05) is 15.7 Å². The average molecular weight is 359 g/mol. The van der Waals surface area contributed by atoms with Crippen LogP contribution in [-0.2, 0) is 16.1 Å². The monoisotopic (exact) mass is 359 g/mol. The second-order valence-corrected chi connectivity index (χ2v) is 8.34. The molecule has 0 aliphatic carbocycles. The Morgan fingerprint density at radius 3 is 2.73 bits per heavy atom. The number of imidazole rings is 1. The van der Waals surface area contributed by atoms with Crippen LogP contribution in [0, 0.1) is 5.41 Å². The van der Waals surface area contributed by atoms with E-state index >= 15 is 0 Å². The highest BCUT2D eigenvalue weighted by Gasteiger charge is 2.44. The van der Waals surface area contributed by atoms with Crippen LogP contribution in [0.4, 0.5) is 0 Å². The third-order valence-corrected chi connectivity index (χ3v) is 6.56. The SMILES string of the molecule is CN1CC[C@H](N2CC3(CCC2=O)CCN(C(=O)Cn2ccnc2)CC3)C1. The molecule has 1 atom stereocenters. The van der Waals surface area contributed by atoms with E-state index in [-0.39, 0.29) is 11.3 Å². The van der Waals surface area contributed by atoms with Gasteiger partial charge in [0.15, 0.2) is 0 Å². The van der Waals surface area contributed by atoms with Crippen molar-refractivity contribution in [1.29, 1.82) is 0 Å². The van der Waals surface area contributed by atoms with E-state index in [0.717, 1.165) is 58.4 Å². The van der Waals surface area contributed by atoms with Crippen molar-refractivity contribution in [3.8, 4) is 0 Å². The first kappa shape index (κ1) is 17.5. The van der Waals surface area contributed by atoms with Crippen LogP contribution in [0.3, 0.4) is 0 Å². The molecule has 0 radical (unpaired) electrons. The van der Waals surface area contributed by atoms with Crippen molar-refractivity contribution in [1.82, 2.24) is 24.3 Å². The molecule has 2 amide bonds. The van der Waals surface area contributed by atoms with Crippen molar-refractivity contribution >= 4 is 11.8 Å². The summed E-state index contributed by atoms with van der Waals surface area (Å²) in [6.45, 7) is 4.94. The number of hydrogen-bond acceptors (Lipinski definition) is 4. The third-order valence-electron chi connectivity index (χ3n) is 6.56. The molecule has 1 aromatic heterocycles. The summed E-state index contributed by atoms with van der Waals surface area (Å²) in [5, 5.41) is 0. The van der Waals surface area contributed by atoms with Gasteiger partial charge in [-0.15, -0.1) is 0 Å². The van der Waals surface area contributed by atoms with E-state index in [9.17, 15) is 9.59 Å². The number of aromatic nitrogens is 2. The summed E-state index contributed by atoms with van der Waals surface area (Å²) >= 11 is 0. The highest BCUT2D eigenvalue weighted by atomic mass is 16.2. The number of rotatable bonds is 3. The lowest BCUT2D eigenvalue weighted by atomic mass is 9.72. The molecule has 3 saturated heterocycles. The number of piperidine rings is 2. The van der Waals surface area contributed by atoms with Crippen LogP contribution in [0.2, 0.25) is 0 Å². The van der Waals surface area contributed by atoms with Crippen molar-refractivity contribution in [2.24, 2.45) is 5.41 Å². The molecule has 0 N–H and O–H groups in total. The first-order valence-corrected chi connectivity index (χ1v) is 9.76.